The number of benzene rings is 1. The van der Waals surface area contributed by atoms with E-state index in [0.717, 1.165) is 16.7 Å². The van der Waals surface area contributed by atoms with Gasteiger partial charge in [0.2, 0.25) is 11.8 Å². The summed E-state index contributed by atoms with van der Waals surface area (Å²) in [7, 11) is 1.54. The predicted molar refractivity (Wildman–Crippen MR) is 126 cm³/mol. The fourth-order valence-corrected chi connectivity index (χ4v) is 4.28. The number of likely N-dealkylation sites (N-methyl/N-ethyl adjacent to an activating group) is 1. The second-order valence-corrected chi connectivity index (χ2v) is 8.05. The second-order valence-electron chi connectivity index (χ2n) is 8.05. The number of aromatic nitrogens is 2. The third-order valence-corrected chi connectivity index (χ3v) is 6.08. The molecule has 1 aliphatic heterocycles. The van der Waals surface area contributed by atoms with Crippen molar-refractivity contribution in [2.24, 2.45) is 5.92 Å². The minimum atomic E-state index is -0.328. The Kier molecular flexibility index (Phi) is 6.98. The van der Waals surface area contributed by atoms with E-state index >= 15 is 0 Å². The van der Waals surface area contributed by atoms with Crippen molar-refractivity contribution in [2.75, 3.05) is 33.3 Å². The fraction of sp³-hybridized carbons (Fsp3) is 0.308. The molecule has 0 aliphatic carbocycles. The molecule has 4 rings (SSSR count). The van der Waals surface area contributed by atoms with Crippen molar-refractivity contribution in [3.05, 3.63) is 78.2 Å². The maximum Gasteiger partial charge on any atom is 0.255 e. The van der Waals surface area contributed by atoms with E-state index in [9.17, 15) is 9.59 Å². The molecule has 0 N–H and O–H groups in total. The van der Waals surface area contributed by atoms with Gasteiger partial charge in [-0.05, 0) is 48.2 Å². The third-order valence-electron chi connectivity index (χ3n) is 6.08. The predicted octanol–water partition coefficient (Wildman–Crippen LogP) is 3.32. The van der Waals surface area contributed by atoms with Gasteiger partial charge < -0.3 is 14.5 Å². The van der Waals surface area contributed by atoms with Crippen LogP contribution in [-0.2, 0) is 11.2 Å². The summed E-state index contributed by atoms with van der Waals surface area (Å²) in [4.78, 5) is 38.5. The van der Waals surface area contributed by atoms with Crippen LogP contribution in [0.4, 0.5) is 0 Å². The molecule has 3 heterocycles. The average Bonchev–Trinajstić information content (AvgIpc) is 3.03. The van der Waals surface area contributed by atoms with E-state index in [0.29, 0.717) is 44.0 Å². The van der Waals surface area contributed by atoms with Crippen molar-refractivity contribution in [1.29, 1.82) is 0 Å². The highest BCUT2D eigenvalue weighted by Gasteiger charge is 2.32. The normalized spacial score (nSPS) is 16.4. The summed E-state index contributed by atoms with van der Waals surface area (Å²) in [6.07, 6.45) is 5.62. The Morgan fingerprint density at radius 1 is 1.09 bits per heavy atom. The van der Waals surface area contributed by atoms with Crippen LogP contribution in [0.2, 0.25) is 0 Å². The number of carbonyl (C=O) groups excluding carboxylic acids is 2. The van der Waals surface area contributed by atoms with E-state index in [4.69, 9.17) is 4.74 Å². The van der Waals surface area contributed by atoms with E-state index in [1.807, 2.05) is 36.1 Å². The Hall–Kier alpha value is -3.74. The highest BCUT2D eigenvalue weighted by molar-refractivity contribution is 5.94. The fourth-order valence-electron chi connectivity index (χ4n) is 4.28. The van der Waals surface area contributed by atoms with E-state index < -0.39 is 0 Å². The zero-order chi connectivity index (χ0) is 23.2. The maximum atomic E-state index is 13.4. The molecule has 1 atom stereocenters. The molecule has 1 aromatic carbocycles. The number of hydrogen-bond acceptors (Lipinski definition) is 5. The van der Waals surface area contributed by atoms with Gasteiger partial charge in [-0.15, -0.1) is 0 Å². The Morgan fingerprint density at radius 3 is 2.58 bits per heavy atom. The van der Waals surface area contributed by atoms with Gasteiger partial charge in [-0.2, -0.15) is 0 Å². The van der Waals surface area contributed by atoms with Crippen molar-refractivity contribution in [3.63, 3.8) is 0 Å². The van der Waals surface area contributed by atoms with Gasteiger partial charge in [-0.1, -0.05) is 24.3 Å². The summed E-state index contributed by atoms with van der Waals surface area (Å²) < 4.78 is 5.10. The lowest BCUT2D eigenvalue weighted by Crippen LogP contribution is -2.38. The topological polar surface area (TPSA) is 75.6 Å². The smallest absolute Gasteiger partial charge is 0.255 e. The molecule has 2 amide bonds. The maximum absolute atomic E-state index is 13.4. The summed E-state index contributed by atoms with van der Waals surface area (Å²) in [6, 6.07) is 15.4. The largest absolute Gasteiger partial charge is 0.481 e. The number of methoxy groups -OCH3 is 1. The van der Waals surface area contributed by atoms with Crippen LogP contribution in [0, 0.1) is 5.92 Å². The lowest BCUT2D eigenvalue weighted by molar-refractivity contribution is -0.134. The van der Waals surface area contributed by atoms with Gasteiger partial charge in [0, 0.05) is 50.8 Å². The first-order valence-electron chi connectivity index (χ1n) is 11.2. The highest BCUT2D eigenvalue weighted by atomic mass is 16.5. The van der Waals surface area contributed by atoms with Gasteiger partial charge in [0.25, 0.3) is 5.91 Å². The van der Waals surface area contributed by atoms with Crippen LogP contribution >= 0.6 is 0 Å². The number of hydrogen-bond donors (Lipinski definition) is 0. The molecule has 0 saturated carbocycles. The second kappa shape index (κ2) is 10.3. The molecule has 3 aromatic rings. The average molecular weight is 445 g/mol. The third kappa shape index (κ3) is 5.03. The van der Waals surface area contributed by atoms with Crippen LogP contribution in [0.1, 0.15) is 22.8 Å². The number of rotatable bonds is 6. The SMILES string of the molecule is CCN1CCN(C(=O)c2ccc(OC)nc2)C[C@H](Cc2ccccc2-c2ccncc2)C1=O. The summed E-state index contributed by atoms with van der Waals surface area (Å²) in [5, 5.41) is 0. The van der Waals surface area contributed by atoms with E-state index in [1.54, 1.807) is 29.4 Å². The van der Waals surface area contributed by atoms with Gasteiger partial charge in [0.1, 0.15) is 0 Å². The number of ether oxygens (including phenoxy) is 1. The standard InChI is InChI=1S/C26H28N4O3/c1-3-29-14-15-30(25(31)21-8-9-24(33-2)28-17-21)18-22(26(29)32)16-20-6-4-5-7-23(20)19-10-12-27-13-11-19/h4-13,17,22H,3,14-16,18H2,1-2H3/t22-/m0/s1. The molecule has 1 saturated heterocycles. The number of amides is 2. The summed E-state index contributed by atoms with van der Waals surface area (Å²) in [5.74, 6) is 0.0967. The molecule has 1 aliphatic rings. The van der Waals surface area contributed by atoms with Crippen LogP contribution in [0.25, 0.3) is 11.1 Å². The van der Waals surface area contributed by atoms with Crippen molar-refractivity contribution in [2.45, 2.75) is 13.3 Å². The molecule has 0 radical (unpaired) electrons. The number of carbonyl (C=O) groups is 2. The van der Waals surface area contributed by atoms with Crippen molar-refractivity contribution < 1.29 is 14.3 Å². The molecule has 0 bridgehead atoms. The molecular formula is C26H28N4O3. The van der Waals surface area contributed by atoms with Gasteiger partial charge in [0.05, 0.1) is 18.6 Å². The van der Waals surface area contributed by atoms with Gasteiger partial charge in [0.15, 0.2) is 0 Å². The molecule has 2 aromatic heterocycles. The zero-order valence-corrected chi connectivity index (χ0v) is 19.0. The van der Waals surface area contributed by atoms with Crippen LogP contribution in [0.5, 0.6) is 5.88 Å². The molecule has 7 nitrogen and oxygen atoms in total. The molecule has 0 unspecified atom stereocenters. The summed E-state index contributed by atoms with van der Waals surface area (Å²) in [5.41, 5.74) is 3.71. The quantitative estimate of drug-likeness (QED) is 0.583. The first-order valence-corrected chi connectivity index (χ1v) is 11.2. The van der Waals surface area contributed by atoms with Gasteiger partial charge in [-0.25, -0.2) is 4.98 Å². The Bertz CT molecular complexity index is 1100. The van der Waals surface area contributed by atoms with Crippen LogP contribution in [0.3, 0.4) is 0 Å². The van der Waals surface area contributed by atoms with Crippen LogP contribution in [0.15, 0.2) is 67.1 Å². The molecular weight excluding hydrogens is 416 g/mol. The highest BCUT2D eigenvalue weighted by Crippen LogP contribution is 2.27. The van der Waals surface area contributed by atoms with Crippen LogP contribution < -0.4 is 4.74 Å². The van der Waals surface area contributed by atoms with E-state index in [1.165, 1.54) is 13.3 Å². The van der Waals surface area contributed by atoms with E-state index in [2.05, 4.69) is 22.1 Å². The molecule has 33 heavy (non-hydrogen) atoms. The summed E-state index contributed by atoms with van der Waals surface area (Å²) in [6.45, 7) is 3.98. The number of nitrogens with zero attached hydrogens (tertiary/aromatic N) is 4. The Morgan fingerprint density at radius 2 is 1.88 bits per heavy atom. The van der Waals surface area contributed by atoms with E-state index in [-0.39, 0.29) is 17.7 Å². The van der Waals surface area contributed by atoms with Crippen molar-refractivity contribution in [1.82, 2.24) is 19.8 Å². The first kappa shape index (κ1) is 22.5. The number of pyridine rings is 2. The minimum absolute atomic E-state index is 0.0881. The Balaban J connectivity index is 1.61. The first-order chi connectivity index (χ1) is 16.1. The molecule has 1 fully saturated rings. The lowest BCUT2D eigenvalue weighted by Gasteiger charge is -2.24. The van der Waals surface area contributed by atoms with Gasteiger partial charge in [-0.3, -0.25) is 14.6 Å². The molecule has 170 valence electrons. The monoisotopic (exact) mass is 444 g/mol. The Labute approximate surface area is 194 Å². The zero-order valence-electron chi connectivity index (χ0n) is 19.0. The minimum Gasteiger partial charge on any atom is -0.481 e. The van der Waals surface area contributed by atoms with Crippen molar-refractivity contribution in [3.8, 4) is 17.0 Å². The summed E-state index contributed by atoms with van der Waals surface area (Å²) >= 11 is 0. The van der Waals surface area contributed by atoms with Crippen molar-refractivity contribution >= 4 is 11.8 Å². The van der Waals surface area contributed by atoms with Crippen LogP contribution in [-0.4, -0.2) is 64.9 Å². The van der Waals surface area contributed by atoms with Gasteiger partial charge >= 0.3 is 0 Å². The molecule has 7 heteroatoms. The lowest BCUT2D eigenvalue weighted by atomic mass is 9.91. The molecule has 0 spiro atoms.